The predicted octanol–water partition coefficient (Wildman–Crippen LogP) is 3.59. The number of nitrogen functional groups attached to an aromatic ring is 1. The summed E-state index contributed by atoms with van der Waals surface area (Å²) in [6.45, 7) is 1.91. The van der Waals surface area contributed by atoms with Crippen LogP contribution in [0.1, 0.15) is 5.56 Å². The Balaban J connectivity index is 2.01. The number of rotatable bonds is 4. The van der Waals surface area contributed by atoms with Gasteiger partial charge < -0.3 is 11.1 Å². The van der Waals surface area contributed by atoms with Crippen molar-refractivity contribution < 1.29 is 13.6 Å². The first-order valence-electron chi connectivity index (χ1n) is 6.20. The van der Waals surface area contributed by atoms with Gasteiger partial charge in [-0.1, -0.05) is 12.1 Å². The van der Waals surface area contributed by atoms with Crippen molar-refractivity contribution in [2.75, 3.05) is 16.8 Å². The Bertz CT molecular complexity index is 656. The van der Waals surface area contributed by atoms with Crippen molar-refractivity contribution in [3.05, 3.63) is 53.6 Å². The zero-order chi connectivity index (χ0) is 15.4. The lowest BCUT2D eigenvalue weighted by molar-refractivity contribution is -0.113. The van der Waals surface area contributed by atoms with Crippen LogP contribution in [0.5, 0.6) is 0 Å². The van der Waals surface area contributed by atoms with Crippen molar-refractivity contribution in [3.63, 3.8) is 0 Å². The summed E-state index contributed by atoms with van der Waals surface area (Å²) in [6.07, 6.45) is 0. The van der Waals surface area contributed by atoms with Crippen molar-refractivity contribution in [2.24, 2.45) is 0 Å². The van der Waals surface area contributed by atoms with Crippen molar-refractivity contribution in [1.82, 2.24) is 0 Å². The van der Waals surface area contributed by atoms with E-state index in [1.807, 2.05) is 19.1 Å². The second-order valence-corrected chi connectivity index (χ2v) is 5.49. The number of nitrogens with two attached hydrogens (primary N) is 1. The fraction of sp³-hybridized carbons (Fsp3) is 0.133. The highest BCUT2D eigenvalue weighted by Crippen LogP contribution is 2.26. The monoisotopic (exact) mass is 308 g/mol. The predicted molar refractivity (Wildman–Crippen MR) is 81.3 cm³/mol. The Morgan fingerprint density at radius 2 is 1.90 bits per heavy atom. The van der Waals surface area contributed by atoms with E-state index in [1.54, 1.807) is 6.07 Å². The van der Waals surface area contributed by atoms with Crippen LogP contribution in [-0.4, -0.2) is 11.7 Å². The number of amides is 1. The molecule has 2 aromatic carbocycles. The zero-order valence-electron chi connectivity index (χ0n) is 11.3. The Hall–Kier alpha value is -2.08. The van der Waals surface area contributed by atoms with Gasteiger partial charge in [-0.15, -0.1) is 11.8 Å². The molecular weight excluding hydrogens is 294 g/mol. The highest BCUT2D eigenvalue weighted by atomic mass is 32.2. The number of carbonyl (C=O) groups excluding carboxylic acids is 1. The molecule has 0 saturated heterocycles. The minimum Gasteiger partial charge on any atom is -0.398 e. The molecule has 0 radical (unpaired) electrons. The number of hydrogen-bond acceptors (Lipinski definition) is 3. The maximum atomic E-state index is 13.4. The molecule has 2 rings (SSSR count). The average molecular weight is 308 g/mol. The first kappa shape index (κ1) is 15.3. The van der Waals surface area contributed by atoms with Crippen LogP contribution >= 0.6 is 11.8 Å². The molecule has 0 atom stereocenters. The highest BCUT2D eigenvalue weighted by molar-refractivity contribution is 8.00. The van der Waals surface area contributed by atoms with Gasteiger partial charge >= 0.3 is 0 Å². The Morgan fingerprint density at radius 3 is 2.57 bits per heavy atom. The summed E-state index contributed by atoms with van der Waals surface area (Å²) in [4.78, 5) is 12.5. The van der Waals surface area contributed by atoms with E-state index in [9.17, 15) is 13.6 Å². The van der Waals surface area contributed by atoms with E-state index in [1.165, 1.54) is 17.8 Å². The summed E-state index contributed by atoms with van der Waals surface area (Å²) in [7, 11) is 0. The number of hydrogen-bond donors (Lipinski definition) is 2. The molecule has 0 aliphatic rings. The SMILES string of the molecule is Cc1ccc(N)c(SCC(=O)Nc2c(F)cccc2F)c1. The van der Waals surface area contributed by atoms with Crippen LogP contribution in [0.3, 0.4) is 0 Å². The fourth-order valence-electron chi connectivity index (χ4n) is 1.70. The summed E-state index contributed by atoms with van der Waals surface area (Å²) in [6, 6.07) is 8.90. The van der Waals surface area contributed by atoms with Gasteiger partial charge in [0, 0.05) is 10.6 Å². The minimum absolute atomic E-state index is 0.0153. The van der Waals surface area contributed by atoms with Gasteiger partial charge in [0.05, 0.1) is 5.75 Å². The number of para-hydroxylation sites is 1. The lowest BCUT2D eigenvalue weighted by atomic mass is 10.2. The average Bonchev–Trinajstić information content (AvgIpc) is 2.44. The van der Waals surface area contributed by atoms with Gasteiger partial charge in [0.25, 0.3) is 0 Å². The van der Waals surface area contributed by atoms with Gasteiger partial charge in [-0.3, -0.25) is 4.79 Å². The normalized spacial score (nSPS) is 10.4. The summed E-state index contributed by atoms with van der Waals surface area (Å²) < 4.78 is 26.8. The number of thioether (sulfide) groups is 1. The number of nitrogens with one attached hydrogen (secondary N) is 1. The number of anilines is 2. The molecule has 0 fully saturated rings. The lowest BCUT2D eigenvalue weighted by Gasteiger charge is -2.09. The molecule has 110 valence electrons. The topological polar surface area (TPSA) is 55.1 Å². The zero-order valence-corrected chi connectivity index (χ0v) is 12.1. The van der Waals surface area contributed by atoms with Gasteiger partial charge in [0.1, 0.15) is 17.3 Å². The number of benzene rings is 2. The van der Waals surface area contributed by atoms with Crippen molar-refractivity contribution in [1.29, 1.82) is 0 Å². The molecular formula is C15H14F2N2OS. The van der Waals surface area contributed by atoms with Crippen LogP contribution in [0.2, 0.25) is 0 Å². The van der Waals surface area contributed by atoms with E-state index in [-0.39, 0.29) is 5.75 Å². The first-order valence-corrected chi connectivity index (χ1v) is 7.18. The molecule has 0 aliphatic carbocycles. The van der Waals surface area contributed by atoms with Gasteiger partial charge in [-0.05, 0) is 36.8 Å². The fourth-order valence-corrected chi connectivity index (χ4v) is 2.57. The van der Waals surface area contributed by atoms with E-state index in [4.69, 9.17) is 5.73 Å². The molecule has 0 bridgehead atoms. The van der Waals surface area contributed by atoms with E-state index in [0.717, 1.165) is 22.6 Å². The summed E-state index contributed by atoms with van der Waals surface area (Å²) in [5, 5.41) is 2.23. The van der Waals surface area contributed by atoms with Gasteiger partial charge in [-0.25, -0.2) is 8.78 Å². The van der Waals surface area contributed by atoms with Gasteiger partial charge in [0.2, 0.25) is 5.91 Å². The second kappa shape index (κ2) is 6.58. The molecule has 3 N–H and O–H groups in total. The van der Waals surface area contributed by atoms with Crippen LogP contribution in [0.15, 0.2) is 41.3 Å². The molecule has 2 aromatic rings. The lowest BCUT2D eigenvalue weighted by Crippen LogP contribution is -2.16. The van der Waals surface area contributed by atoms with E-state index < -0.39 is 23.2 Å². The maximum Gasteiger partial charge on any atom is 0.234 e. The van der Waals surface area contributed by atoms with Crippen LogP contribution in [0.25, 0.3) is 0 Å². The largest absolute Gasteiger partial charge is 0.398 e. The molecule has 0 saturated carbocycles. The molecule has 0 aromatic heterocycles. The van der Waals surface area contributed by atoms with Crippen LogP contribution < -0.4 is 11.1 Å². The quantitative estimate of drug-likeness (QED) is 0.670. The maximum absolute atomic E-state index is 13.4. The van der Waals surface area contributed by atoms with Gasteiger partial charge in [0.15, 0.2) is 0 Å². The second-order valence-electron chi connectivity index (χ2n) is 4.47. The third-order valence-corrected chi connectivity index (χ3v) is 3.83. The van der Waals surface area contributed by atoms with E-state index >= 15 is 0 Å². The van der Waals surface area contributed by atoms with E-state index in [2.05, 4.69) is 5.32 Å². The third kappa shape index (κ3) is 3.95. The summed E-state index contributed by atoms with van der Waals surface area (Å²) >= 11 is 1.22. The molecule has 0 spiro atoms. The number of aryl methyl sites for hydroxylation is 1. The molecule has 0 unspecified atom stereocenters. The van der Waals surface area contributed by atoms with E-state index in [0.29, 0.717) is 5.69 Å². The van der Waals surface area contributed by atoms with Crippen LogP contribution in [-0.2, 0) is 4.79 Å². The summed E-state index contributed by atoms with van der Waals surface area (Å²) in [5.74, 6) is -2.08. The van der Waals surface area contributed by atoms with Gasteiger partial charge in [-0.2, -0.15) is 0 Å². The smallest absolute Gasteiger partial charge is 0.234 e. The van der Waals surface area contributed by atoms with Crippen molar-refractivity contribution >= 4 is 29.0 Å². The minimum atomic E-state index is -0.802. The molecule has 0 aliphatic heterocycles. The summed E-state index contributed by atoms with van der Waals surface area (Å²) in [5.41, 5.74) is 6.96. The van der Waals surface area contributed by atoms with Crippen LogP contribution in [0, 0.1) is 18.6 Å². The Morgan fingerprint density at radius 1 is 1.24 bits per heavy atom. The molecule has 21 heavy (non-hydrogen) atoms. The number of carbonyl (C=O) groups is 1. The Labute approximate surface area is 125 Å². The third-order valence-electron chi connectivity index (χ3n) is 2.76. The molecule has 3 nitrogen and oxygen atoms in total. The number of halogens is 2. The Kier molecular flexibility index (Phi) is 4.80. The highest BCUT2D eigenvalue weighted by Gasteiger charge is 2.12. The molecule has 6 heteroatoms. The molecule has 1 amide bonds. The first-order chi connectivity index (χ1) is 9.97. The standard InChI is InChI=1S/C15H14F2N2OS/c1-9-5-6-12(18)13(7-9)21-8-14(20)19-15-10(16)3-2-4-11(15)17/h2-7H,8,18H2,1H3,(H,19,20). The molecule has 0 heterocycles. The van der Waals surface area contributed by atoms with Crippen molar-refractivity contribution in [3.8, 4) is 0 Å². The van der Waals surface area contributed by atoms with Crippen LogP contribution in [0.4, 0.5) is 20.2 Å². The van der Waals surface area contributed by atoms with Crippen molar-refractivity contribution in [2.45, 2.75) is 11.8 Å².